The highest BCUT2D eigenvalue weighted by Gasteiger charge is 2.26. The fourth-order valence-corrected chi connectivity index (χ4v) is 4.52. The largest absolute Gasteiger partial charge is 0.454 e. The van der Waals surface area contributed by atoms with Crippen molar-refractivity contribution in [3.8, 4) is 22.9 Å². The molecule has 1 atom stereocenters. The van der Waals surface area contributed by atoms with Gasteiger partial charge in [-0.1, -0.05) is 11.2 Å². The van der Waals surface area contributed by atoms with Crippen LogP contribution in [0.5, 0.6) is 11.5 Å². The van der Waals surface area contributed by atoms with Crippen LogP contribution in [0.15, 0.2) is 39.5 Å². The number of hydrogen-bond acceptors (Lipinski definition) is 7. The molecule has 8 heteroatoms. The van der Waals surface area contributed by atoms with Gasteiger partial charge in [-0.25, -0.2) is 0 Å². The monoisotopic (exact) mass is 411 g/mol. The molecule has 1 saturated heterocycles. The molecule has 0 spiro atoms. The highest BCUT2D eigenvalue weighted by atomic mass is 32.1. The normalized spacial score (nSPS) is 18.2. The van der Waals surface area contributed by atoms with Crippen LogP contribution in [-0.2, 0) is 17.6 Å². The Morgan fingerprint density at radius 2 is 2.17 bits per heavy atom. The third kappa shape index (κ3) is 3.98. The van der Waals surface area contributed by atoms with Gasteiger partial charge >= 0.3 is 0 Å². The molecular weight excluding hydrogens is 390 g/mol. The molecule has 1 amide bonds. The summed E-state index contributed by atoms with van der Waals surface area (Å²) in [5.74, 6) is 3.19. The van der Waals surface area contributed by atoms with E-state index in [0.29, 0.717) is 36.2 Å². The summed E-state index contributed by atoms with van der Waals surface area (Å²) in [6.45, 7) is 1.76. The second-order valence-corrected chi connectivity index (χ2v) is 8.22. The van der Waals surface area contributed by atoms with Gasteiger partial charge in [0.15, 0.2) is 11.5 Å². The van der Waals surface area contributed by atoms with Crippen LogP contribution in [0.25, 0.3) is 11.4 Å². The lowest BCUT2D eigenvalue weighted by Gasteiger charge is -2.32. The van der Waals surface area contributed by atoms with E-state index in [1.807, 2.05) is 39.9 Å². The summed E-state index contributed by atoms with van der Waals surface area (Å²) in [5, 5.41) is 8.08. The van der Waals surface area contributed by atoms with E-state index in [1.165, 1.54) is 0 Å². The van der Waals surface area contributed by atoms with E-state index in [0.717, 1.165) is 42.8 Å². The quantitative estimate of drug-likeness (QED) is 0.639. The number of carbonyl (C=O) groups excluding carboxylic acids is 1. The number of likely N-dealkylation sites (tertiary alicyclic amines) is 1. The Kier molecular flexibility index (Phi) is 4.93. The van der Waals surface area contributed by atoms with Crippen molar-refractivity contribution < 1.29 is 18.8 Å². The van der Waals surface area contributed by atoms with E-state index in [2.05, 4.69) is 10.1 Å². The average molecular weight is 411 g/mol. The number of nitrogens with zero attached hydrogens (tertiary/aromatic N) is 3. The maximum Gasteiger partial charge on any atom is 0.231 e. The van der Waals surface area contributed by atoms with Crippen LogP contribution in [-0.4, -0.2) is 40.8 Å². The minimum Gasteiger partial charge on any atom is -0.454 e. The Labute approximate surface area is 172 Å². The second kappa shape index (κ2) is 7.87. The summed E-state index contributed by atoms with van der Waals surface area (Å²) in [4.78, 5) is 19.3. The fourth-order valence-electron chi connectivity index (χ4n) is 3.89. The number of hydrogen-bond donors (Lipinski definition) is 0. The first-order chi connectivity index (χ1) is 14.2. The Morgan fingerprint density at radius 3 is 3.07 bits per heavy atom. The summed E-state index contributed by atoms with van der Waals surface area (Å²) < 4.78 is 16.2. The van der Waals surface area contributed by atoms with E-state index in [1.54, 1.807) is 11.3 Å². The molecule has 29 heavy (non-hydrogen) atoms. The molecule has 5 rings (SSSR count). The lowest BCUT2D eigenvalue weighted by Crippen LogP contribution is -2.41. The third-order valence-corrected chi connectivity index (χ3v) is 6.06. The molecule has 3 aromatic rings. The molecule has 150 valence electrons. The van der Waals surface area contributed by atoms with E-state index < -0.39 is 0 Å². The summed E-state index contributed by atoms with van der Waals surface area (Å²) >= 11 is 1.61. The molecule has 0 bridgehead atoms. The van der Waals surface area contributed by atoms with Crippen molar-refractivity contribution >= 4 is 17.2 Å². The SMILES string of the molecule is O=C(Cc1ccc2c(c1)OCO2)N1CCC[C@@H](Cc2nc(-c3ccsc3)no2)C1. The molecule has 4 heterocycles. The number of piperidine rings is 1. The van der Waals surface area contributed by atoms with E-state index in [-0.39, 0.29) is 12.7 Å². The van der Waals surface area contributed by atoms with Gasteiger partial charge in [-0.2, -0.15) is 16.3 Å². The number of ether oxygens (including phenoxy) is 2. The number of fused-ring (bicyclic) bond motifs is 1. The van der Waals surface area contributed by atoms with E-state index in [4.69, 9.17) is 14.0 Å². The van der Waals surface area contributed by atoms with Gasteiger partial charge in [0.25, 0.3) is 0 Å². The van der Waals surface area contributed by atoms with Crippen LogP contribution in [0.2, 0.25) is 0 Å². The predicted molar refractivity (Wildman–Crippen MR) is 107 cm³/mol. The maximum absolute atomic E-state index is 12.8. The van der Waals surface area contributed by atoms with Gasteiger partial charge in [-0.3, -0.25) is 4.79 Å². The molecule has 0 radical (unpaired) electrons. The minimum absolute atomic E-state index is 0.137. The van der Waals surface area contributed by atoms with Gasteiger partial charge in [0, 0.05) is 30.5 Å². The zero-order valence-electron chi connectivity index (χ0n) is 15.9. The predicted octanol–water partition coefficient (Wildman–Crippen LogP) is 3.55. The molecule has 1 fully saturated rings. The van der Waals surface area contributed by atoms with Crippen molar-refractivity contribution in [3.63, 3.8) is 0 Å². The molecule has 1 aromatic carbocycles. The van der Waals surface area contributed by atoms with Crippen molar-refractivity contribution in [2.75, 3.05) is 19.9 Å². The summed E-state index contributed by atoms with van der Waals surface area (Å²) in [5.41, 5.74) is 1.92. The summed E-state index contributed by atoms with van der Waals surface area (Å²) in [6.07, 6.45) is 3.12. The Hall–Kier alpha value is -2.87. The molecule has 2 aliphatic rings. The minimum atomic E-state index is 0.137. The van der Waals surface area contributed by atoms with Crippen molar-refractivity contribution in [1.82, 2.24) is 15.0 Å². The van der Waals surface area contributed by atoms with E-state index in [9.17, 15) is 4.79 Å². The second-order valence-electron chi connectivity index (χ2n) is 7.44. The highest BCUT2D eigenvalue weighted by molar-refractivity contribution is 7.08. The molecule has 0 unspecified atom stereocenters. The number of carbonyl (C=O) groups is 1. The van der Waals surface area contributed by atoms with Crippen LogP contribution in [0.4, 0.5) is 0 Å². The first-order valence-electron chi connectivity index (χ1n) is 9.76. The Bertz CT molecular complexity index is 1000. The Morgan fingerprint density at radius 1 is 1.24 bits per heavy atom. The molecule has 2 aromatic heterocycles. The van der Waals surface area contributed by atoms with Gasteiger partial charge in [-0.05, 0) is 47.9 Å². The fraction of sp³-hybridized carbons (Fsp3) is 0.381. The molecule has 2 aliphatic heterocycles. The van der Waals surface area contributed by atoms with Gasteiger partial charge < -0.3 is 18.9 Å². The molecular formula is C21H21N3O4S. The van der Waals surface area contributed by atoms with Crippen molar-refractivity contribution in [2.24, 2.45) is 5.92 Å². The zero-order chi connectivity index (χ0) is 19.6. The van der Waals surface area contributed by atoms with Crippen molar-refractivity contribution in [3.05, 3.63) is 46.5 Å². The summed E-state index contributed by atoms with van der Waals surface area (Å²) in [6, 6.07) is 7.67. The van der Waals surface area contributed by atoms with Gasteiger partial charge in [0.1, 0.15) is 0 Å². The highest BCUT2D eigenvalue weighted by Crippen LogP contribution is 2.33. The molecule has 7 nitrogen and oxygen atoms in total. The molecule has 0 aliphatic carbocycles. The van der Waals surface area contributed by atoms with Crippen LogP contribution >= 0.6 is 11.3 Å². The Balaban J connectivity index is 1.20. The van der Waals surface area contributed by atoms with Crippen molar-refractivity contribution in [2.45, 2.75) is 25.7 Å². The topological polar surface area (TPSA) is 77.7 Å². The summed E-state index contributed by atoms with van der Waals surface area (Å²) in [7, 11) is 0. The standard InChI is InChI=1S/C21H21N3O4S/c25-20(10-14-3-4-17-18(8-14)27-13-26-17)24-6-1-2-15(11-24)9-19-22-21(23-28-19)16-5-7-29-12-16/h3-5,7-8,12,15H,1-2,6,9-11,13H2/t15-/m0/s1. The van der Waals surface area contributed by atoms with Gasteiger partial charge in [0.05, 0.1) is 6.42 Å². The third-order valence-electron chi connectivity index (χ3n) is 5.37. The first-order valence-corrected chi connectivity index (χ1v) is 10.7. The van der Waals surface area contributed by atoms with Crippen molar-refractivity contribution in [1.29, 1.82) is 0 Å². The van der Waals surface area contributed by atoms with Crippen LogP contribution in [0.1, 0.15) is 24.3 Å². The van der Waals surface area contributed by atoms with E-state index >= 15 is 0 Å². The number of rotatable bonds is 5. The number of thiophene rings is 1. The number of amides is 1. The van der Waals surface area contributed by atoms with Crippen LogP contribution < -0.4 is 9.47 Å². The molecule has 0 saturated carbocycles. The molecule has 0 N–H and O–H groups in total. The van der Waals surface area contributed by atoms with Gasteiger partial charge in [0.2, 0.25) is 24.4 Å². The van der Waals surface area contributed by atoms with Crippen LogP contribution in [0.3, 0.4) is 0 Å². The number of benzene rings is 1. The number of aromatic nitrogens is 2. The van der Waals surface area contributed by atoms with Crippen LogP contribution in [0, 0.1) is 5.92 Å². The van der Waals surface area contributed by atoms with Gasteiger partial charge in [-0.15, -0.1) is 0 Å². The average Bonchev–Trinajstić information content (AvgIpc) is 3.49. The lowest BCUT2D eigenvalue weighted by molar-refractivity contribution is -0.132. The lowest BCUT2D eigenvalue weighted by atomic mass is 9.94. The maximum atomic E-state index is 12.8. The smallest absolute Gasteiger partial charge is 0.231 e. The zero-order valence-corrected chi connectivity index (χ0v) is 16.7. The first kappa shape index (κ1) is 18.2.